The monoisotopic (exact) mass is 480 g/mol. The van der Waals surface area contributed by atoms with Crippen molar-refractivity contribution in [2.24, 2.45) is 5.92 Å². The van der Waals surface area contributed by atoms with Gasteiger partial charge in [-0.1, -0.05) is 19.1 Å². The molecule has 1 aliphatic heterocycles. The number of halogens is 3. The van der Waals surface area contributed by atoms with E-state index in [-0.39, 0.29) is 5.52 Å². The molecular formula is C26H25F3N5O+. The van der Waals surface area contributed by atoms with Crippen LogP contribution in [0.1, 0.15) is 42.1 Å². The highest BCUT2D eigenvalue weighted by Gasteiger charge is 2.35. The normalized spacial score (nSPS) is 17.8. The van der Waals surface area contributed by atoms with Gasteiger partial charge in [-0.25, -0.2) is 9.37 Å². The summed E-state index contributed by atoms with van der Waals surface area (Å²) in [5, 5.41) is 7.94. The van der Waals surface area contributed by atoms with Crippen molar-refractivity contribution in [1.29, 1.82) is 0 Å². The van der Waals surface area contributed by atoms with Gasteiger partial charge < -0.3 is 0 Å². The molecule has 6 nitrogen and oxygen atoms in total. The van der Waals surface area contributed by atoms with Crippen molar-refractivity contribution in [2.45, 2.75) is 32.4 Å². The fourth-order valence-electron chi connectivity index (χ4n) is 4.70. The smallest absolute Gasteiger partial charge is 0.267 e. The number of aromatic nitrogens is 4. The molecule has 0 N–H and O–H groups in total. The highest BCUT2D eigenvalue weighted by molar-refractivity contribution is 5.77. The first-order valence-electron chi connectivity index (χ1n) is 11.6. The highest BCUT2D eigenvalue weighted by Crippen LogP contribution is 2.33. The largest absolute Gasteiger partial charge is 0.418 e. The van der Waals surface area contributed by atoms with Crippen molar-refractivity contribution in [3.8, 4) is 5.69 Å². The topological polar surface area (TPSA) is 55.2 Å². The van der Waals surface area contributed by atoms with E-state index < -0.39 is 17.4 Å². The molecule has 0 spiro atoms. The molecule has 0 amide bonds. The van der Waals surface area contributed by atoms with Gasteiger partial charge in [0.25, 0.3) is 0 Å². The van der Waals surface area contributed by atoms with E-state index in [1.54, 1.807) is 36.7 Å². The van der Waals surface area contributed by atoms with Crippen molar-refractivity contribution >= 4 is 11.7 Å². The van der Waals surface area contributed by atoms with Crippen LogP contribution in [0.15, 0.2) is 65.8 Å². The second kappa shape index (κ2) is 9.13. The Kier molecular flexibility index (Phi) is 6.00. The van der Waals surface area contributed by atoms with Crippen LogP contribution in [-0.4, -0.2) is 43.0 Å². The predicted octanol–water partition coefficient (Wildman–Crippen LogP) is 4.35. The lowest BCUT2D eigenvalue weighted by Crippen LogP contribution is -2.27. The Morgan fingerprint density at radius 1 is 1.17 bits per heavy atom. The fraction of sp³-hybridized carbons (Fsp3) is 0.308. The molecule has 3 aromatic heterocycles. The summed E-state index contributed by atoms with van der Waals surface area (Å²) in [6.07, 6.45) is 4.06. The van der Waals surface area contributed by atoms with Gasteiger partial charge in [0.05, 0.1) is 28.0 Å². The van der Waals surface area contributed by atoms with Gasteiger partial charge >= 0.3 is 11.9 Å². The molecule has 0 saturated carbocycles. The molecular weight excluding hydrogens is 455 g/mol. The number of fused-ring (bicyclic) bond motifs is 1. The number of hydrogen-bond donors (Lipinski definition) is 0. The number of pyridine rings is 1. The third kappa shape index (κ3) is 4.89. The number of benzene rings is 1. The van der Waals surface area contributed by atoms with Gasteiger partial charge in [0, 0.05) is 37.4 Å². The molecule has 1 aromatic carbocycles. The van der Waals surface area contributed by atoms with Crippen LogP contribution < -0.4 is 5.69 Å². The van der Waals surface area contributed by atoms with E-state index in [4.69, 9.17) is 0 Å². The first kappa shape index (κ1) is 23.0. The van der Waals surface area contributed by atoms with Crippen LogP contribution in [-0.2, 0) is 12.6 Å². The van der Waals surface area contributed by atoms with E-state index in [9.17, 15) is 18.0 Å². The van der Waals surface area contributed by atoms with E-state index in [2.05, 4.69) is 17.1 Å². The van der Waals surface area contributed by atoms with E-state index in [0.717, 1.165) is 47.7 Å². The standard InChI is InChI=1S/C26H25F3N5O/c1-18-5-4-10-32(14-18)15-20-13-23(26(27,28)29)24-17-33(25(35)34(24)16-20)22-8-2-6-19(12-22)11-21-7-3-9-30-31-21/h2-3,6-9,12-13,15-18H,4-5,10-11,14H2,1H3/q+1/t18-/m0/s1. The van der Waals surface area contributed by atoms with Crippen molar-refractivity contribution in [3.05, 3.63) is 93.9 Å². The van der Waals surface area contributed by atoms with Gasteiger partial charge in [0.1, 0.15) is 13.1 Å². The van der Waals surface area contributed by atoms with Crippen molar-refractivity contribution in [3.63, 3.8) is 0 Å². The van der Waals surface area contributed by atoms with Crippen LogP contribution in [0, 0.1) is 5.92 Å². The van der Waals surface area contributed by atoms with Crippen molar-refractivity contribution in [1.82, 2.24) is 19.2 Å². The van der Waals surface area contributed by atoms with E-state index in [1.165, 1.54) is 17.0 Å². The molecule has 5 rings (SSSR count). The van der Waals surface area contributed by atoms with Crippen molar-refractivity contribution in [2.75, 3.05) is 13.1 Å². The Labute approximate surface area is 200 Å². The molecule has 9 heteroatoms. The zero-order valence-electron chi connectivity index (χ0n) is 19.2. The number of rotatable bonds is 4. The number of imidazole rings is 1. The minimum absolute atomic E-state index is 0.175. The highest BCUT2D eigenvalue weighted by atomic mass is 19.4. The molecule has 0 radical (unpaired) electrons. The van der Waals surface area contributed by atoms with Crippen LogP contribution in [0.2, 0.25) is 0 Å². The van der Waals surface area contributed by atoms with Crippen LogP contribution in [0.25, 0.3) is 11.2 Å². The molecule has 1 fully saturated rings. The Bertz CT molecular complexity index is 1450. The van der Waals surface area contributed by atoms with Gasteiger partial charge in [-0.3, -0.25) is 8.97 Å². The molecule has 0 aliphatic carbocycles. The van der Waals surface area contributed by atoms with E-state index >= 15 is 0 Å². The van der Waals surface area contributed by atoms with Gasteiger partial charge in [0.15, 0.2) is 6.21 Å². The predicted molar refractivity (Wildman–Crippen MR) is 126 cm³/mol. The molecule has 4 heterocycles. The summed E-state index contributed by atoms with van der Waals surface area (Å²) in [6.45, 7) is 3.71. The van der Waals surface area contributed by atoms with Gasteiger partial charge in [-0.2, -0.15) is 23.4 Å². The minimum Gasteiger partial charge on any atom is -0.267 e. The maximum atomic E-state index is 14.0. The summed E-state index contributed by atoms with van der Waals surface area (Å²) in [5.41, 5.74) is 0.914. The molecule has 4 aromatic rings. The average molecular weight is 481 g/mol. The number of piperidine rings is 1. The van der Waals surface area contributed by atoms with Gasteiger partial charge in [-0.15, -0.1) is 0 Å². The summed E-state index contributed by atoms with van der Waals surface area (Å²) < 4.78 is 46.5. The molecule has 1 saturated heterocycles. The lowest BCUT2D eigenvalue weighted by Gasteiger charge is -2.16. The van der Waals surface area contributed by atoms with Crippen LogP contribution >= 0.6 is 0 Å². The Hall–Kier alpha value is -3.75. The summed E-state index contributed by atoms with van der Waals surface area (Å²) in [7, 11) is 0. The van der Waals surface area contributed by atoms with Crippen LogP contribution in [0.4, 0.5) is 13.2 Å². The lowest BCUT2D eigenvalue weighted by molar-refractivity contribution is -0.540. The fourth-order valence-corrected chi connectivity index (χ4v) is 4.70. The Balaban J connectivity index is 1.59. The minimum atomic E-state index is -4.60. The SMILES string of the molecule is C[C@H]1CCC[N+](=Cc2cc(C(F)(F)F)c3cn(-c4cccc(Cc5cccnn5)c4)c(=O)n3c2)C1. The first-order chi connectivity index (χ1) is 16.8. The van der Waals surface area contributed by atoms with Gasteiger partial charge in [-0.05, 0) is 42.3 Å². The quantitative estimate of drug-likeness (QED) is 0.408. The van der Waals surface area contributed by atoms with Gasteiger partial charge in [0.2, 0.25) is 0 Å². The number of alkyl halides is 3. The third-order valence-corrected chi connectivity index (χ3v) is 6.32. The molecule has 1 atom stereocenters. The molecule has 180 valence electrons. The zero-order valence-corrected chi connectivity index (χ0v) is 19.2. The summed E-state index contributed by atoms with van der Waals surface area (Å²) >= 11 is 0. The Morgan fingerprint density at radius 2 is 2.03 bits per heavy atom. The van der Waals surface area contributed by atoms with Crippen molar-refractivity contribution < 1.29 is 17.7 Å². The molecule has 0 unspecified atom stereocenters. The summed E-state index contributed by atoms with van der Waals surface area (Å²) in [6, 6.07) is 11.9. The maximum Gasteiger partial charge on any atom is 0.418 e. The number of nitrogens with zero attached hydrogens (tertiary/aromatic N) is 5. The second-order valence-electron chi connectivity index (χ2n) is 9.15. The third-order valence-electron chi connectivity index (χ3n) is 6.32. The van der Waals surface area contributed by atoms with E-state index in [0.29, 0.717) is 23.6 Å². The van der Waals surface area contributed by atoms with E-state index in [1.807, 2.05) is 16.7 Å². The molecule has 0 bridgehead atoms. The molecule has 1 aliphatic rings. The lowest BCUT2D eigenvalue weighted by atomic mass is 10.0. The second-order valence-corrected chi connectivity index (χ2v) is 9.15. The van der Waals surface area contributed by atoms with Crippen LogP contribution in [0.3, 0.4) is 0 Å². The maximum absolute atomic E-state index is 14.0. The first-order valence-corrected chi connectivity index (χ1v) is 11.6. The zero-order chi connectivity index (χ0) is 24.6. The summed E-state index contributed by atoms with van der Waals surface area (Å²) in [5.74, 6) is 0.476. The molecule has 35 heavy (non-hydrogen) atoms. The average Bonchev–Trinajstić information content (AvgIpc) is 3.15. The number of hydrogen-bond acceptors (Lipinski definition) is 3. The summed E-state index contributed by atoms with van der Waals surface area (Å²) in [4.78, 5) is 13.3. The Morgan fingerprint density at radius 3 is 2.77 bits per heavy atom. The van der Waals surface area contributed by atoms with Crippen LogP contribution in [0.5, 0.6) is 0 Å².